The summed E-state index contributed by atoms with van der Waals surface area (Å²) in [5.74, 6) is 2.09. The Bertz CT molecular complexity index is 586. The minimum atomic E-state index is 0.0282. The second-order valence-corrected chi connectivity index (χ2v) is 15.5. The topological polar surface area (TPSA) is 49.8 Å². The van der Waals surface area contributed by atoms with E-state index in [2.05, 4.69) is 50.9 Å². The van der Waals surface area contributed by atoms with Crippen LogP contribution in [0.5, 0.6) is 0 Å². The van der Waals surface area contributed by atoms with E-state index in [1.807, 2.05) is 0 Å². The molecule has 0 unspecified atom stereocenters. The molecule has 1 N–H and O–H groups in total. The van der Waals surface area contributed by atoms with Crippen LogP contribution in [-0.4, -0.2) is 59.8 Å². The van der Waals surface area contributed by atoms with Gasteiger partial charge in [-0.25, -0.2) is 0 Å². The van der Waals surface area contributed by atoms with Gasteiger partial charge in [0, 0.05) is 13.0 Å². The number of carbonyl (C=O) groups is 1. The first kappa shape index (κ1) is 51.2. The maximum absolute atomic E-state index is 12.6. The number of hydrogen-bond acceptors (Lipinski definition) is 6. The van der Waals surface area contributed by atoms with E-state index >= 15 is 0 Å². The normalized spacial score (nSPS) is 11.3. The van der Waals surface area contributed by atoms with Crippen molar-refractivity contribution in [3.05, 3.63) is 0 Å². The van der Waals surface area contributed by atoms with Gasteiger partial charge < -0.3 is 14.7 Å². The maximum atomic E-state index is 12.6. The summed E-state index contributed by atoms with van der Waals surface area (Å²) in [7, 11) is 0. The Morgan fingerprint density at radius 1 is 0.490 bits per heavy atom. The molecule has 0 rings (SSSR count). The van der Waals surface area contributed by atoms with E-state index < -0.39 is 0 Å². The fourth-order valence-electron chi connectivity index (χ4n) is 6.47. The van der Waals surface area contributed by atoms with E-state index in [-0.39, 0.29) is 18.7 Å². The summed E-state index contributed by atoms with van der Waals surface area (Å²) in [5.41, 5.74) is 0. The lowest BCUT2D eigenvalue weighted by molar-refractivity contribution is -0.150. The van der Waals surface area contributed by atoms with Gasteiger partial charge in [-0.1, -0.05) is 162 Å². The highest BCUT2D eigenvalue weighted by Gasteiger charge is 2.14. The fourth-order valence-corrected chi connectivity index (χ4v) is 6.92. The first-order valence-electron chi connectivity index (χ1n) is 21.8. The molecule has 49 heavy (non-hydrogen) atoms. The molecule has 0 bridgehead atoms. The zero-order chi connectivity index (χ0) is 36.3. The van der Waals surface area contributed by atoms with Gasteiger partial charge in [-0.15, -0.1) is 0 Å². The zero-order valence-electron chi connectivity index (χ0n) is 33.6. The third kappa shape index (κ3) is 44.2. The summed E-state index contributed by atoms with van der Waals surface area (Å²) >= 11 is 8.45. The molecule has 0 atom stereocenters. The lowest BCUT2D eigenvalue weighted by Gasteiger charge is -2.21. The smallest absolute Gasteiger partial charge is 0.306 e. The monoisotopic (exact) mass is 732 g/mol. The van der Waals surface area contributed by atoms with E-state index in [0.717, 1.165) is 56.8 Å². The third-order valence-corrected chi connectivity index (χ3v) is 10.4. The average Bonchev–Trinajstić information content (AvgIpc) is 3.10. The molecule has 0 aromatic rings. The fraction of sp³-hybridized carbons (Fsp3) is 0.977. The average molecular weight is 732 g/mol. The quantitative estimate of drug-likeness (QED) is 0.0335. The molecule has 4 nitrogen and oxygen atoms in total. The molecule has 0 aliphatic rings. The number of carbonyl (C=O) groups excluding carboxylic acids is 1. The number of nitrogens with zero attached hydrogens (tertiary/aromatic N) is 1. The summed E-state index contributed by atoms with van der Waals surface area (Å²) in [6.45, 7) is 10.0. The Balaban J connectivity index is 0. The van der Waals surface area contributed by atoms with E-state index in [0.29, 0.717) is 6.42 Å². The molecule has 0 aromatic carbocycles. The van der Waals surface area contributed by atoms with Crippen molar-refractivity contribution in [2.75, 3.05) is 37.7 Å². The summed E-state index contributed by atoms with van der Waals surface area (Å²) in [4.78, 5) is 15.0. The summed E-state index contributed by atoms with van der Waals surface area (Å²) in [5, 5.41) is 9.39. The molecule has 6 heteroatoms. The summed E-state index contributed by atoms with van der Waals surface area (Å²) < 4.78 is 5.99. The number of aliphatic hydroxyl groups is 1. The lowest BCUT2D eigenvalue weighted by atomic mass is 10.0. The molecule has 296 valence electrons. The Morgan fingerprint density at radius 3 is 1.22 bits per heavy atom. The van der Waals surface area contributed by atoms with Gasteiger partial charge >= 0.3 is 5.97 Å². The molecular weight excluding hydrogens is 643 g/mol. The van der Waals surface area contributed by atoms with Gasteiger partial charge in [0.15, 0.2) is 0 Å². The van der Waals surface area contributed by atoms with Crippen LogP contribution in [0.1, 0.15) is 226 Å². The number of aliphatic hydroxyl groups excluding tert-OH is 1. The Morgan fingerprint density at radius 2 is 0.837 bits per heavy atom. The molecule has 0 aliphatic heterocycles. The minimum absolute atomic E-state index is 0.0282. The van der Waals surface area contributed by atoms with Crippen molar-refractivity contribution in [1.82, 2.24) is 4.90 Å². The van der Waals surface area contributed by atoms with E-state index in [9.17, 15) is 9.90 Å². The van der Waals surface area contributed by atoms with E-state index in [1.165, 1.54) is 173 Å². The predicted molar refractivity (Wildman–Crippen MR) is 226 cm³/mol. The second-order valence-electron chi connectivity index (χ2n) is 14.6. The zero-order valence-corrected chi connectivity index (χ0v) is 35.3. The van der Waals surface area contributed by atoms with Crippen LogP contribution >= 0.6 is 25.3 Å². The largest absolute Gasteiger partial charge is 0.462 e. The first-order valence-corrected chi connectivity index (χ1v) is 23.1. The number of unbranched alkanes of at least 4 members (excludes halogenated alkanes) is 24. The van der Waals surface area contributed by atoms with Gasteiger partial charge in [-0.05, 0) is 82.4 Å². The second kappa shape index (κ2) is 46.1. The molecule has 0 heterocycles. The van der Waals surface area contributed by atoms with Crippen LogP contribution in [-0.2, 0) is 9.53 Å². The highest BCUT2D eigenvalue weighted by Crippen LogP contribution is 2.18. The van der Waals surface area contributed by atoms with Crippen molar-refractivity contribution in [3.63, 3.8) is 0 Å². The van der Waals surface area contributed by atoms with Crippen molar-refractivity contribution >= 4 is 31.2 Å². The SMILES string of the molecule is CCCCCCCCC(CCCCCCCC)OC(=O)CCCCCCCN(CCO)CCCCCCCS.CCCCCCCCCS. The molecule has 0 fully saturated rings. The van der Waals surface area contributed by atoms with Crippen LogP contribution in [0.25, 0.3) is 0 Å². The molecule has 0 radical (unpaired) electrons. The summed E-state index contributed by atoms with van der Waals surface area (Å²) in [6, 6.07) is 0. The molecule has 0 spiro atoms. The Hall–Kier alpha value is 0.0900. The molecular formula is C43H89NO3S2. The molecule has 0 saturated heterocycles. The van der Waals surface area contributed by atoms with Gasteiger partial charge in [0.2, 0.25) is 0 Å². The highest BCUT2D eigenvalue weighted by molar-refractivity contribution is 7.80. The van der Waals surface area contributed by atoms with Gasteiger partial charge in [0.1, 0.15) is 6.10 Å². The Kier molecular flexibility index (Phi) is 48.2. The molecule has 0 aliphatic carbocycles. The van der Waals surface area contributed by atoms with Gasteiger partial charge in [-0.2, -0.15) is 25.3 Å². The van der Waals surface area contributed by atoms with Gasteiger partial charge in [0.25, 0.3) is 0 Å². The minimum Gasteiger partial charge on any atom is -0.462 e. The molecule has 0 amide bonds. The Labute approximate surface area is 319 Å². The van der Waals surface area contributed by atoms with Crippen LogP contribution in [0.4, 0.5) is 0 Å². The van der Waals surface area contributed by atoms with Gasteiger partial charge in [-0.3, -0.25) is 4.79 Å². The van der Waals surface area contributed by atoms with Crippen LogP contribution in [0.15, 0.2) is 0 Å². The standard InChI is InChI=1S/C34H69NO3S.C9H20S/c1-3-5-7-9-13-19-25-33(26-20-14-10-8-6-4-2)38-34(37)27-21-15-11-16-22-28-35(30-31-36)29-23-17-12-18-24-32-39;1-2-3-4-5-6-7-8-9-10/h33,36,39H,3-32H2,1-2H3;10H,2-9H2,1H3. The number of hydrogen-bond donors (Lipinski definition) is 3. The maximum Gasteiger partial charge on any atom is 0.306 e. The first-order chi connectivity index (χ1) is 24.1. The van der Waals surface area contributed by atoms with Crippen molar-refractivity contribution < 1.29 is 14.6 Å². The lowest BCUT2D eigenvalue weighted by Crippen LogP contribution is -2.29. The third-order valence-electron chi connectivity index (χ3n) is 9.72. The summed E-state index contributed by atoms with van der Waals surface area (Å²) in [6.07, 6.45) is 40.0. The van der Waals surface area contributed by atoms with Crippen LogP contribution < -0.4 is 0 Å². The number of rotatable bonds is 39. The molecule has 0 aromatic heterocycles. The number of ether oxygens (including phenoxy) is 1. The molecule has 0 saturated carbocycles. The van der Waals surface area contributed by atoms with Crippen molar-refractivity contribution in [2.24, 2.45) is 0 Å². The van der Waals surface area contributed by atoms with E-state index in [1.54, 1.807) is 0 Å². The van der Waals surface area contributed by atoms with E-state index in [4.69, 9.17) is 4.74 Å². The number of esters is 1. The van der Waals surface area contributed by atoms with Crippen LogP contribution in [0, 0.1) is 0 Å². The highest BCUT2D eigenvalue weighted by atomic mass is 32.1. The number of thiol groups is 2. The predicted octanol–water partition coefficient (Wildman–Crippen LogP) is 13.6. The van der Waals surface area contributed by atoms with Crippen molar-refractivity contribution in [1.29, 1.82) is 0 Å². The van der Waals surface area contributed by atoms with Gasteiger partial charge in [0.05, 0.1) is 6.61 Å². The van der Waals surface area contributed by atoms with Crippen molar-refractivity contribution in [2.45, 2.75) is 232 Å². The van der Waals surface area contributed by atoms with Crippen molar-refractivity contribution in [3.8, 4) is 0 Å². The van der Waals surface area contributed by atoms with Crippen LogP contribution in [0.3, 0.4) is 0 Å². The van der Waals surface area contributed by atoms with Crippen LogP contribution in [0.2, 0.25) is 0 Å².